The highest BCUT2D eigenvalue weighted by molar-refractivity contribution is 6.10. The fourth-order valence-corrected chi connectivity index (χ4v) is 3.53. The first-order chi connectivity index (χ1) is 14.7. The number of rotatable bonds is 5. The number of nitrogens with one attached hydrogen (secondary N) is 1. The van der Waals surface area contributed by atoms with Crippen LogP contribution in [0.3, 0.4) is 0 Å². The van der Waals surface area contributed by atoms with E-state index in [4.69, 9.17) is 0 Å². The lowest BCUT2D eigenvalue weighted by molar-refractivity contribution is -0.147. The Hall–Kier alpha value is -3.73. The van der Waals surface area contributed by atoms with Crippen LogP contribution >= 0.6 is 0 Å². The largest absolute Gasteiger partial charge is 0.435 e. The highest BCUT2D eigenvalue weighted by atomic mass is 19.3. The second-order valence-corrected chi connectivity index (χ2v) is 7.45. The third kappa shape index (κ3) is 4.26. The molecule has 1 heterocycles. The van der Waals surface area contributed by atoms with Crippen LogP contribution in [-0.4, -0.2) is 35.9 Å². The Kier molecular flexibility index (Phi) is 6.07. The third-order valence-electron chi connectivity index (χ3n) is 5.49. The van der Waals surface area contributed by atoms with Gasteiger partial charge >= 0.3 is 6.61 Å². The summed E-state index contributed by atoms with van der Waals surface area (Å²) >= 11 is 0. The van der Waals surface area contributed by atoms with Crippen molar-refractivity contribution in [3.8, 4) is 11.8 Å². The molecule has 2 amide bonds. The van der Waals surface area contributed by atoms with Crippen LogP contribution in [0.4, 0.5) is 8.78 Å². The van der Waals surface area contributed by atoms with Crippen molar-refractivity contribution in [2.75, 3.05) is 7.05 Å². The van der Waals surface area contributed by atoms with E-state index in [0.29, 0.717) is 6.42 Å². The molecule has 1 unspecified atom stereocenters. The summed E-state index contributed by atoms with van der Waals surface area (Å²) in [6.45, 7) is 0.190. The number of amides is 2. The topological polar surface area (TPSA) is 82.4 Å². The Morgan fingerprint density at radius 3 is 2.52 bits per heavy atom. The molecular weight excluding hydrogens is 404 g/mol. The molecule has 0 radical (unpaired) electrons. The van der Waals surface area contributed by atoms with Crippen LogP contribution in [0.15, 0.2) is 54.2 Å². The minimum Gasteiger partial charge on any atom is -0.435 e. The van der Waals surface area contributed by atoms with E-state index in [1.165, 1.54) is 23.1 Å². The Balaban J connectivity index is 2.00. The number of carbonyl (C=O) groups excluding carboxylic acids is 2. The normalized spacial score (nSPS) is 20.4. The second kappa shape index (κ2) is 8.56. The van der Waals surface area contributed by atoms with Gasteiger partial charge in [0.05, 0.1) is 11.6 Å². The van der Waals surface area contributed by atoms with Gasteiger partial charge in [0.2, 0.25) is 0 Å². The van der Waals surface area contributed by atoms with Crippen molar-refractivity contribution >= 4 is 17.4 Å². The van der Waals surface area contributed by atoms with E-state index in [1.807, 2.05) is 36.4 Å². The predicted molar refractivity (Wildman–Crippen MR) is 110 cm³/mol. The van der Waals surface area contributed by atoms with Gasteiger partial charge in [0.15, 0.2) is 0 Å². The minimum atomic E-state index is -3.03. The number of benzene rings is 2. The number of likely N-dealkylation sites (N-methyl/N-ethyl adjacent to an activating group) is 1. The molecule has 1 aliphatic rings. The molecule has 2 aromatic rings. The number of nitrogens with zero attached hydrogens (tertiary/aromatic N) is 2. The monoisotopic (exact) mass is 425 g/mol. The quantitative estimate of drug-likeness (QED) is 0.744. The summed E-state index contributed by atoms with van der Waals surface area (Å²) in [7, 11) is 1.54. The van der Waals surface area contributed by atoms with Crippen molar-refractivity contribution in [3.05, 3.63) is 70.9 Å². The molecule has 0 bridgehead atoms. The summed E-state index contributed by atoms with van der Waals surface area (Å²) in [5.74, 6) is -0.980. The summed E-state index contributed by atoms with van der Waals surface area (Å²) in [6, 6.07) is 15.1. The number of nitriles is 1. The molecule has 1 atom stereocenters. The molecular formula is C23H21F2N3O3. The Morgan fingerprint density at radius 2 is 1.90 bits per heavy atom. The molecule has 8 heteroatoms. The number of hydrogen-bond donors (Lipinski definition) is 1. The van der Waals surface area contributed by atoms with Gasteiger partial charge in [-0.1, -0.05) is 30.3 Å². The molecule has 31 heavy (non-hydrogen) atoms. The Bertz CT molecular complexity index is 1090. The second-order valence-electron chi connectivity index (χ2n) is 7.45. The van der Waals surface area contributed by atoms with Crippen LogP contribution in [0.25, 0.3) is 5.57 Å². The van der Waals surface area contributed by atoms with Gasteiger partial charge in [0, 0.05) is 19.0 Å². The molecule has 160 valence electrons. The molecule has 0 aliphatic carbocycles. The molecule has 1 saturated heterocycles. The van der Waals surface area contributed by atoms with Crippen molar-refractivity contribution in [2.24, 2.45) is 0 Å². The van der Waals surface area contributed by atoms with Crippen LogP contribution in [0.5, 0.6) is 5.75 Å². The standard InChI is InChI=1S/C23H21F2N3O3/c1-14(18-11-17(31-22(24)25)10-9-16(18)13-26)19-20(29)28(3)23(2,21(30)27-19)12-15-7-5-4-6-8-15/h4-11,22H,12H2,1-3H3,(H,27,30). The zero-order chi connectivity index (χ0) is 22.8. The number of piperazine rings is 1. The number of alkyl halides is 2. The maximum Gasteiger partial charge on any atom is 0.387 e. The molecule has 0 spiro atoms. The maximum absolute atomic E-state index is 13.2. The zero-order valence-corrected chi connectivity index (χ0v) is 17.3. The first-order valence-corrected chi connectivity index (χ1v) is 9.51. The van der Waals surface area contributed by atoms with Crippen LogP contribution < -0.4 is 10.1 Å². The number of halogens is 2. The predicted octanol–water partition coefficient (Wildman–Crippen LogP) is 3.48. The van der Waals surface area contributed by atoms with Crippen molar-refractivity contribution in [1.29, 1.82) is 5.26 Å². The van der Waals surface area contributed by atoms with Crippen LogP contribution in [0, 0.1) is 11.3 Å². The Labute approximate surface area is 178 Å². The number of ether oxygens (including phenoxy) is 1. The smallest absolute Gasteiger partial charge is 0.387 e. The SMILES string of the molecule is CC(=C1NC(=O)C(C)(Cc2ccccc2)N(C)C1=O)c1cc(OC(F)F)ccc1C#N. The number of hydrogen-bond acceptors (Lipinski definition) is 4. The summed E-state index contributed by atoms with van der Waals surface area (Å²) in [5, 5.41) is 12.1. The van der Waals surface area contributed by atoms with E-state index < -0.39 is 18.1 Å². The highest BCUT2D eigenvalue weighted by Crippen LogP contribution is 2.31. The van der Waals surface area contributed by atoms with Gasteiger partial charge in [-0.2, -0.15) is 14.0 Å². The van der Waals surface area contributed by atoms with E-state index in [0.717, 1.165) is 5.56 Å². The van der Waals surface area contributed by atoms with E-state index >= 15 is 0 Å². The highest BCUT2D eigenvalue weighted by Gasteiger charge is 2.46. The van der Waals surface area contributed by atoms with Gasteiger partial charge in [-0.25, -0.2) is 0 Å². The van der Waals surface area contributed by atoms with E-state index in [1.54, 1.807) is 20.9 Å². The van der Waals surface area contributed by atoms with E-state index in [-0.39, 0.29) is 34.1 Å². The Morgan fingerprint density at radius 1 is 1.23 bits per heavy atom. The molecule has 2 aromatic carbocycles. The van der Waals surface area contributed by atoms with E-state index in [9.17, 15) is 23.6 Å². The van der Waals surface area contributed by atoms with Gasteiger partial charge in [-0.05, 0) is 43.2 Å². The maximum atomic E-state index is 13.2. The zero-order valence-electron chi connectivity index (χ0n) is 17.3. The van der Waals surface area contributed by atoms with Gasteiger partial charge < -0.3 is 15.0 Å². The van der Waals surface area contributed by atoms with Gasteiger partial charge in [-0.3, -0.25) is 9.59 Å². The summed E-state index contributed by atoms with van der Waals surface area (Å²) in [4.78, 5) is 27.6. The van der Waals surface area contributed by atoms with Gasteiger partial charge in [0.25, 0.3) is 11.8 Å². The third-order valence-corrected chi connectivity index (χ3v) is 5.49. The molecule has 0 saturated carbocycles. The lowest BCUT2D eigenvalue weighted by atomic mass is 9.87. The fourth-order valence-electron chi connectivity index (χ4n) is 3.53. The van der Waals surface area contributed by atoms with Gasteiger partial charge in [0.1, 0.15) is 17.0 Å². The fraction of sp³-hybridized carbons (Fsp3) is 0.261. The molecule has 1 aliphatic heterocycles. The van der Waals surface area contributed by atoms with Crippen LogP contribution in [0.1, 0.15) is 30.5 Å². The molecule has 0 aromatic heterocycles. The lowest BCUT2D eigenvalue weighted by Gasteiger charge is -2.42. The molecule has 3 rings (SSSR count). The lowest BCUT2D eigenvalue weighted by Crippen LogP contribution is -2.64. The molecule has 1 fully saturated rings. The van der Waals surface area contributed by atoms with Crippen LogP contribution in [0.2, 0.25) is 0 Å². The first-order valence-electron chi connectivity index (χ1n) is 9.51. The van der Waals surface area contributed by atoms with Crippen molar-refractivity contribution in [2.45, 2.75) is 32.4 Å². The van der Waals surface area contributed by atoms with Crippen molar-refractivity contribution in [3.63, 3.8) is 0 Å². The average molecular weight is 425 g/mol. The van der Waals surface area contributed by atoms with Crippen molar-refractivity contribution in [1.82, 2.24) is 10.2 Å². The van der Waals surface area contributed by atoms with Crippen LogP contribution in [-0.2, 0) is 16.0 Å². The number of allylic oxidation sites excluding steroid dienone is 1. The van der Waals surface area contributed by atoms with Crippen molar-refractivity contribution < 1.29 is 23.1 Å². The summed E-state index contributed by atoms with van der Waals surface area (Å²) < 4.78 is 29.6. The summed E-state index contributed by atoms with van der Waals surface area (Å²) in [6.07, 6.45) is 0.315. The number of carbonyl (C=O) groups is 2. The first kappa shape index (κ1) is 22.0. The molecule has 6 nitrogen and oxygen atoms in total. The van der Waals surface area contributed by atoms with Gasteiger partial charge in [-0.15, -0.1) is 0 Å². The summed E-state index contributed by atoms with van der Waals surface area (Å²) in [5.41, 5.74) is 0.429. The molecule has 1 N–H and O–H groups in total. The van der Waals surface area contributed by atoms with E-state index in [2.05, 4.69) is 10.1 Å². The average Bonchev–Trinajstić information content (AvgIpc) is 2.75. The minimum absolute atomic E-state index is 0.0104.